The fourth-order valence-corrected chi connectivity index (χ4v) is 3.24. The molecule has 0 spiro atoms. The van der Waals surface area contributed by atoms with Crippen LogP contribution in [0, 0.1) is 5.82 Å². The number of phenolic OH excluding ortho intramolecular Hbond substituents is 2. The first-order valence-electron chi connectivity index (χ1n) is 7.64. The number of carbonyl (C=O) groups is 1. The van der Waals surface area contributed by atoms with Crippen LogP contribution in [-0.2, 0) is 10.3 Å². The lowest BCUT2D eigenvalue weighted by Gasteiger charge is -2.30. The van der Waals surface area contributed by atoms with E-state index < -0.39 is 17.4 Å². The van der Waals surface area contributed by atoms with Gasteiger partial charge in [0, 0.05) is 16.7 Å². The molecule has 0 saturated carbocycles. The molecular formula is C20H13FO4. The second kappa shape index (κ2) is 5.34. The molecule has 1 heterocycles. The Balaban J connectivity index is 2.05. The van der Waals surface area contributed by atoms with Crippen LogP contribution in [0.5, 0.6) is 11.5 Å². The number of aromatic hydroxyl groups is 2. The average molecular weight is 336 g/mol. The summed E-state index contributed by atoms with van der Waals surface area (Å²) in [6.45, 7) is 0. The number of ether oxygens (including phenoxy) is 1. The van der Waals surface area contributed by atoms with Gasteiger partial charge in [0.2, 0.25) is 0 Å². The summed E-state index contributed by atoms with van der Waals surface area (Å²) in [6.07, 6.45) is 0. The fraction of sp³-hybridized carbons (Fsp3) is 0.0500. The van der Waals surface area contributed by atoms with Crippen molar-refractivity contribution >= 4 is 5.97 Å². The number of halogens is 1. The predicted molar refractivity (Wildman–Crippen MR) is 87.9 cm³/mol. The molecule has 1 aliphatic heterocycles. The van der Waals surface area contributed by atoms with Gasteiger partial charge in [-0.25, -0.2) is 9.18 Å². The Labute approximate surface area is 142 Å². The van der Waals surface area contributed by atoms with Crippen molar-refractivity contribution in [3.63, 3.8) is 0 Å². The molecule has 1 atom stereocenters. The normalized spacial score (nSPS) is 18.7. The van der Waals surface area contributed by atoms with Gasteiger partial charge >= 0.3 is 5.97 Å². The molecular weight excluding hydrogens is 323 g/mol. The van der Waals surface area contributed by atoms with E-state index in [1.54, 1.807) is 30.3 Å². The standard InChI is InChI=1S/C20H13FO4/c21-14-8-5-12(6-9-14)20(13-7-10-17(22)18(23)11-13)16-4-2-1-3-15(16)19(24)25-20/h1-11,22-23H. The fourth-order valence-electron chi connectivity index (χ4n) is 3.24. The molecule has 1 unspecified atom stereocenters. The minimum absolute atomic E-state index is 0.282. The summed E-state index contributed by atoms with van der Waals surface area (Å²) in [5, 5.41) is 19.5. The molecule has 4 rings (SSSR count). The van der Waals surface area contributed by atoms with Crippen LogP contribution in [0.15, 0.2) is 66.7 Å². The van der Waals surface area contributed by atoms with Gasteiger partial charge in [-0.05, 0) is 30.3 Å². The Kier molecular flexibility index (Phi) is 3.25. The van der Waals surface area contributed by atoms with Crippen LogP contribution < -0.4 is 0 Å². The highest BCUT2D eigenvalue weighted by atomic mass is 19.1. The van der Waals surface area contributed by atoms with E-state index in [4.69, 9.17) is 4.74 Å². The van der Waals surface area contributed by atoms with E-state index in [2.05, 4.69) is 0 Å². The molecule has 3 aromatic rings. The minimum Gasteiger partial charge on any atom is -0.504 e. The molecule has 5 heteroatoms. The molecule has 0 bridgehead atoms. The van der Waals surface area contributed by atoms with Gasteiger partial charge in [-0.3, -0.25) is 0 Å². The molecule has 25 heavy (non-hydrogen) atoms. The highest BCUT2D eigenvalue weighted by molar-refractivity contribution is 5.96. The van der Waals surface area contributed by atoms with Crippen LogP contribution in [-0.4, -0.2) is 16.2 Å². The molecule has 3 aromatic carbocycles. The Morgan fingerprint density at radius 1 is 0.840 bits per heavy atom. The number of rotatable bonds is 2. The van der Waals surface area contributed by atoms with E-state index in [9.17, 15) is 19.4 Å². The first kappa shape index (κ1) is 15.2. The van der Waals surface area contributed by atoms with E-state index >= 15 is 0 Å². The summed E-state index contributed by atoms with van der Waals surface area (Å²) in [4.78, 5) is 12.4. The summed E-state index contributed by atoms with van der Waals surface area (Å²) in [6, 6.07) is 16.8. The molecule has 0 fully saturated rings. The van der Waals surface area contributed by atoms with Gasteiger partial charge in [0.15, 0.2) is 17.1 Å². The number of phenols is 2. The number of hydrogen-bond acceptors (Lipinski definition) is 4. The van der Waals surface area contributed by atoms with Gasteiger partial charge < -0.3 is 14.9 Å². The third kappa shape index (κ3) is 2.16. The summed E-state index contributed by atoms with van der Waals surface area (Å²) in [5.74, 6) is -1.53. The smallest absolute Gasteiger partial charge is 0.340 e. The number of cyclic esters (lactones) is 1. The lowest BCUT2D eigenvalue weighted by Crippen LogP contribution is -2.29. The number of esters is 1. The minimum atomic E-state index is -1.33. The van der Waals surface area contributed by atoms with Gasteiger partial charge in [0.05, 0.1) is 5.56 Å². The maximum Gasteiger partial charge on any atom is 0.340 e. The highest BCUT2D eigenvalue weighted by Crippen LogP contribution is 2.48. The van der Waals surface area contributed by atoms with Crippen molar-refractivity contribution in [3.8, 4) is 11.5 Å². The van der Waals surface area contributed by atoms with E-state index in [1.165, 1.54) is 36.4 Å². The molecule has 0 radical (unpaired) electrons. The zero-order valence-electron chi connectivity index (χ0n) is 12.9. The Morgan fingerprint density at radius 2 is 1.52 bits per heavy atom. The molecule has 2 N–H and O–H groups in total. The SMILES string of the molecule is O=C1OC(c2ccc(F)cc2)(c2ccc(O)c(O)c2)c2ccccc21. The second-order valence-electron chi connectivity index (χ2n) is 5.83. The van der Waals surface area contributed by atoms with Crippen LogP contribution in [0.2, 0.25) is 0 Å². The quantitative estimate of drug-likeness (QED) is 0.553. The van der Waals surface area contributed by atoms with E-state index in [0.717, 1.165) is 0 Å². The van der Waals surface area contributed by atoms with E-state index in [0.29, 0.717) is 22.3 Å². The lowest BCUT2D eigenvalue weighted by molar-refractivity contribution is 0.0250. The van der Waals surface area contributed by atoms with Crippen molar-refractivity contribution in [2.45, 2.75) is 5.60 Å². The summed E-state index contributed by atoms with van der Waals surface area (Å²) >= 11 is 0. The molecule has 124 valence electrons. The number of hydrogen-bond donors (Lipinski definition) is 2. The number of fused-ring (bicyclic) bond motifs is 1. The van der Waals surface area contributed by atoms with Crippen LogP contribution >= 0.6 is 0 Å². The largest absolute Gasteiger partial charge is 0.504 e. The Hall–Kier alpha value is -3.34. The van der Waals surface area contributed by atoms with Gasteiger partial charge in [-0.2, -0.15) is 0 Å². The monoisotopic (exact) mass is 336 g/mol. The molecule has 0 saturated heterocycles. The zero-order chi connectivity index (χ0) is 17.6. The predicted octanol–water partition coefficient (Wildman–Crippen LogP) is 3.70. The van der Waals surface area contributed by atoms with Crippen LogP contribution in [0.3, 0.4) is 0 Å². The van der Waals surface area contributed by atoms with Crippen molar-refractivity contribution in [3.05, 3.63) is 94.8 Å². The zero-order valence-corrected chi connectivity index (χ0v) is 12.9. The summed E-state index contributed by atoms with van der Waals surface area (Å²) in [5.41, 5.74) is 0.660. The van der Waals surface area contributed by atoms with Crippen LogP contribution in [0.25, 0.3) is 0 Å². The first-order chi connectivity index (χ1) is 12.0. The third-order valence-electron chi connectivity index (χ3n) is 4.40. The first-order valence-corrected chi connectivity index (χ1v) is 7.64. The summed E-state index contributed by atoms with van der Waals surface area (Å²) in [7, 11) is 0. The topological polar surface area (TPSA) is 66.8 Å². The average Bonchev–Trinajstić information content (AvgIpc) is 2.92. The molecule has 0 aliphatic carbocycles. The van der Waals surface area contributed by atoms with Gasteiger partial charge in [-0.15, -0.1) is 0 Å². The van der Waals surface area contributed by atoms with Gasteiger partial charge in [0.1, 0.15) is 5.82 Å². The Bertz CT molecular complexity index is 981. The molecule has 4 nitrogen and oxygen atoms in total. The van der Waals surface area contributed by atoms with Crippen molar-refractivity contribution in [1.29, 1.82) is 0 Å². The molecule has 0 amide bonds. The third-order valence-corrected chi connectivity index (χ3v) is 4.40. The van der Waals surface area contributed by atoms with Crippen molar-refractivity contribution < 1.29 is 24.1 Å². The maximum atomic E-state index is 13.4. The number of benzene rings is 3. The van der Waals surface area contributed by atoms with Crippen LogP contribution in [0.1, 0.15) is 27.0 Å². The number of carbonyl (C=O) groups excluding carboxylic acids is 1. The maximum absolute atomic E-state index is 13.4. The lowest BCUT2D eigenvalue weighted by atomic mass is 9.80. The Morgan fingerprint density at radius 3 is 2.24 bits per heavy atom. The van der Waals surface area contributed by atoms with E-state index in [-0.39, 0.29) is 11.5 Å². The molecule has 0 aromatic heterocycles. The van der Waals surface area contributed by atoms with Crippen molar-refractivity contribution in [1.82, 2.24) is 0 Å². The van der Waals surface area contributed by atoms with Crippen LogP contribution in [0.4, 0.5) is 4.39 Å². The van der Waals surface area contributed by atoms with Crippen molar-refractivity contribution in [2.75, 3.05) is 0 Å². The highest BCUT2D eigenvalue weighted by Gasteiger charge is 2.48. The van der Waals surface area contributed by atoms with Crippen molar-refractivity contribution in [2.24, 2.45) is 0 Å². The van der Waals surface area contributed by atoms with Gasteiger partial charge in [0.25, 0.3) is 0 Å². The molecule has 1 aliphatic rings. The second-order valence-corrected chi connectivity index (χ2v) is 5.83. The van der Waals surface area contributed by atoms with E-state index in [1.807, 2.05) is 0 Å². The summed E-state index contributed by atoms with van der Waals surface area (Å²) < 4.78 is 19.2. The van der Waals surface area contributed by atoms with Gasteiger partial charge in [-0.1, -0.05) is 36.4 Å².